The molecule has 0 amide bonds. The Morgan fingerprint density at radius 1 is 1.62 bits per heavy atom. The van der Waals surface area contributed by atoms with Crippen molar-refractivity contribution in [3.05, 3.63) is 34.1 Å². The maximum Gasteiger partial charge on any atom is 0.137 e. The first-order chi connectivity index (χ1) is 6.19. The molecule has 0 aliphatic heterocycles. The molecule has 0 aliphatic carbocycles. The van der Waals surface area contributed by atoms with Crippen LogP contribution in [0.2, 0.25) is 0 Å². The van der Waals surface area contributed by atoms with Gasteiger partial charge in [0.05, 0.1) is 17.1 Å². The lowest BCUT2D eigenvalue weighted by atomic mass is 10.1. The van der Waals surface area contributed by atoms with Crippen LogP contribution in [0, 0.1) is 5.82 Å². The summed E-state index contributed by atoms with van der Waals surface area (Å²) in [5.41, 5.74) is 0.741. The normalized spacial score (nSPS) is 12.9. The van der Waals surface area contributed by atoms with Gasteiger partial charge in [-0.2, -0.15) is 0 Å². The van der Waals surface area contributed by atoms with Crippen molar-refractivity contribution in [2.24, 2.45) is 0 Å². The molecule has 2 nitrogen and oxygen atoms in total. The van der Waals surface area contributed by atoms with Crippen LogP contribution >= 0.6 is 15.9 Å². The molecule has 0 saturated carbocycles. The van der Waals surface area contributed by atoms with Gasteiger partial charge in [-0.1, -0.05) is 6.07 Å². The third kappa shape index (κ3) is 2.49. The molecular weight excluding hydrogens is 237 g/mol. The smallest absolute Gasteiger partial charge is 0.137 e. The topological polar surface area (TPSA) is 32.3 Å². The lowest BCUT2D eigenvalue weighted by Gasteiger charge is -2.13. The Morgan fingerprint density at radius 2 is 2.31 bits per heavy atom. The van der Waals surface area contributed by atoms with Crippen LogP contribution < -0.4 is 5.32 Å². The quantitative estimate of drug-likeness (QED) is 0.855. The molecule has 1 rings (SSSR count). The fraction of sp³-hybridized carbons (Fsp3) is 0.333. The summed E-state index contributed by atoms with van der Waals surface area (Å²) in [6.45, 7) is -0.0441. The monoisotopic (exact) mass is 247 g/mol. The number of hydrogen-bond acceptors (Lipinski definition) is 2. The number of aliphatic hydroxyl groups is 1. The Hall–Kier alpha value is -0.450. The van der Waals surface area contributed by atoms with Crippen molar-refractivity contribution < 1.29 is 9.50 Å². The largest absolute Gasteiger partial charge is 0.394 e. The van der Waals surface area contributed by atoms with Crippen molar-refractivity contribution in [1.82, 2.24) is 5.32 Å². The third-order valence-electron chi connectivity index (χ3n) is 1.88. The van der Waals surface area contributed by atoms with E-state index in [-0.39, 0.29) is 18.5 Å². The summed E-state index contributed by atoms with van der Waals surface area (Å²) in [5, 5.41) is 11.8. The zero-order chi connectivity index (χ0) is 9.84. The molecule has 0 spiro atoms. The molecule has 2 N–H and O–H groups in total. The Kier molecular flexibility index (Phi) is 3.84. The Balaban J connectivity index is 2.95. The minimum atomic E-state index is -0.314. The van der Waals surface area contributed by atoms with E-state index < -0.39 is 0 Å². The van der Waals surface area contributed by atoms with Gasteiger partial charge in [0.15, 0.2) is 0 Å². The van der Waals surface area contributed by atoms with Gasteiger partial charge in [-0.3, -0.25) is 0 Å². The number of rotatable bonds is 3. The summed E-state index contributed by atoms with van der Waals surface area (Å²) in [7, 11) is 1.72. The minimum absolute atomic E-state index is 0.0441. The standard InChI is InChI=1S/C9H11BrFNO/c1-12-9(5-13)6-2-3-7(10)8(11)4-6/h2-4,9,12-13H,5H2,1H3/t9-/m1/s1. The number of nitrogens with one attached hydrogen (secondary N) is 1. The molecular formula is C9H11BrFNO. The fourth-order valence-electron chi connectivity index (χ4n) is 1.09. The van der Waals surface area contributed by atoms with Gasteiger partial charge >= 0.3 is 0 Å². The summed E-state index contributed by atoms with van der Waals surface area (Å²) >= 11 is 3.06. The van der Waals surface area contributed by atoms with Crippen molar-refractivity contribution in [1.29, 1.82) is 0 Å². The van der Waals surface area contributed by atoms with Crippen LogP contribution in [0.25, 0.3) is 0 Å². The van der Waals surface area contributed by atoms with E-state index in [0.29, 0.717) is 4.47 Å². The molecule has 13 heavy (non-hydrogen) atoms. The van der Waals surface area contributed by atoms with Crippen LogP contribution in [0.5, 0.6) is 0 Å². The van der Waals surface area contributed by atoms with E-state index in [1.54, 1.807) is 19.2 Å². The number of hydrogen-bond donors (Lipinski definition) is 2. The van der Waals surface area contributed by atoms with E-state index >= 15 is 0 Å². The Labute approximate surface area is 84.9 Å². The van der Waals surface area contributed by atoms with Crippen molar-refractivity contribution >= 4 is 15.9 Å². The SMILES string of the molecule is CN[C@H](CO)c1ccc(Br)c(F)c1. The lowest BCUT2D eigenvalue weighted by molar-refractivity contribution is 0.250. The van der Waals surface area contributed by atoms with Crippen LogP contribution in [0.4, 0.5) is 4.39 Å². The molecule has 0 aromatic heterocycles. The second kappa shape index (κ2) is 4.69. The molecule has 1 atom stereocenters. The summed E-state index contributed by atoms with van der Waals surface area (Å²) in [4.78, 5) is 0. The summed E-state index contributed by atoms with van der Waals surface area (Å²) < 4.78 is 13.5. The van der Waals surface area contributed by atoms with E-state index in [4.69, 9.17) is 5.11 Å². The maximum absolute atomic E-state index is 13.1. The molecule has 0 heterocycles. The number of benzene rings is 1. The van der Waals surface area contributed by atoms with Gasteiger partial charge in [-0.25, -0.2) is 4.39 Å². The highest BCUT2D eigenvalue weighted by molar-refractivity contribution is 9.10. The van der Waals surface area contributed by atoms with Crippen LogP contribution in [0.1, 0.15) is 11.6 Å². The zero-order valence-electron chi connectivity index (χ0n) is 7.22. The molecule has 72 valence electrons. The predicted octanol–water partition coefficient (Wildman–Crippen LogP) is 1.84. The molecule has 0 unspecified atom stereocenters. The first-order valence-corrected chi connectivity index (χ1v) is 4.71. The third-order valence-corrected chi connectivity index (χ3v) is 2.52. The van der Waals surface area contributed by atoms with Crippen molar-refractivity contribution in [3.8, 4) is 0 Å². The lowest BCUT2D eigenvalue weighted by Crippen LogP contribution is -2.19. The van der Waals surface area contributed by atoms with Crippen LogP contribution in [-0.2, 0) is 0 Å². The maximum atomic E-state index is 13.1. The highest BCUT2D eigenvalue weighted by Crippen LogP contribution is 2.20. The first-order valence-electron chi connectivity index (χ1n) is 3.92. The molecule has 1 aromatic carbocycles. The second-order valence-electron chi connectivity index (χ2n) is 2.70. The van der Waals surface area contributed by atoms with Gasteiger partial charge in [0.1, 0.15) is 5.82 Å². The van der Waals surface area contributed by atoms with Gasteiger partial charge in [-0.15, -0.1) is 0 Å². The molecule has 1 aromatic rings. The van der Waals surface area contributed by atoms with Gasteiger partial charge in [0.2, 0.25) is 0 Å². The molecule has 0 radical (unpaired) electrons. The van der Waals surface area contributed by atoms with E-state index in [2.05, 4.69) is 21.2 Å². The number of halogens is 2. The highest BCUT2D eigenvalue weighted by Gasteiger charge is 2.09. The van der Waals surface area contributed by atoms with Crippen molar-refractivity contribution in [2.75, 3.05) is 13.7 Å². The number of likely N-dealkylation sites (N-methyl/N-ethyl adjacent to an activating group) is 1. The highest BCUT2D eigenvalue weighted by atomic mass is 79.9. The number of aliphatic hydroxyl groups excluding tert-OH is 1. The van der Waals surface area contributed by atoms with E-state index in [1.165, 1.54) is 6.07 Å². The van der Waals surface area contributed by atoms with E-state index in [1.807, 2.05) is 0 Å². The first kappa shape index (κ1) is 10.6. The molecule has 0 saturated heterocycles. The minimum Gasteiger partial charge on any atom is -0.394 e. The van der Waals surface area contributed by atoms with Crippen molar-refractivity contribution in [3.63, 3.8) is 0 Å². The van der Waals surface area contributed by atoms with Crippen LogP contribution in [0.3, 0.4) is 0 Å². The van der Waals surface area contributed by atoms with Gasteiger partial charge in [-0.05, 0) is 40.7 Å². The van der Waals surface area contributed by atoms with Crippen LogP contribution in [-0.4, -0.2) is 18.8 Å². The average Bonchev–Trinajstić information content (AvgIpc) is 2.13. The fourth-order valence-corrected chi connectivity index (χ4v) is 1.34. The van der Waals surface area contributed by atoms with Crippen molar-refractivity contribution in [2.45, 2.75) is 6.04 Å². The second-order valence-corrected chi connectivity index (χ2v) is 3.55. The molecule has 0 fully saturated rings. The summed E-state index contributed by atoms with van der Waals surface area (Å²) in [5.74, 6) is -0.314. The molecule has 0 bridgehead atoms. The molecule has 0 aliphatic rings. The van der Waals surface area contributed by atoms with Crippen LogP contribution in [0.15, 0.2) is 22.7 Å². The summed E-state index contributed by atoms with van der Waals surface area (Å²) in [6.07, 6.45) is 0. The Morgan fingerprint density at radius 3 is 2.77 bits per heavy atom. The predicted molar refractivity (Wildman–Crippen MR) is 53.0 cm³/mol. The summed E-state index contributed by atoms with van der Waals surface area (Å²) in [6, 6.07) is 4.60. The van der Waals surface area contributed by atoms with Gasteiger partial charge in [0, 0.05) is 0 Å². The van der Waals surface area contributed by atoms with E-state index in [0.717, 1.165) is 5.56 Å². The van der Waals surface area contributed by atoms with E-state index in [9.17, 15) is 4.39 Å². The Bertz CT molecular complexity index is 289. The molecule has 4 heteroatoms. The zero-order valence-corrected chi connectivity index (χ0v) is 8.81. The van der Waals surface area contributed by atoms with Gasteiger partial charge < -0.3 is 10.4 Å². The average molecular weight is 248 g/mol. The van der Waals surface area contributed by atoms with Gasteiger partial charge in [0.25, 0.3) is 0 Å².